The van der Waals surface area contributed by atoms with E-state index in [1.807, 2.05) is 12.1 Å². The highest BCUT2D eigenvalue weighted by atomic mass is 16.3. The Morgan fingerprint density at radius 3 is 2.45 bits per heavy atom. The van der Waals surface area contributed by atoms with Gasteiger partial charge in [-0.2, -0.15) is 0 Å². The van der Waals surface area contributed by atoms with Crippen molar-refractivity contribution in [3.63, 3.8) is 0 Å². The minimum absolute atomic E-state index is 0.124. The van der Waals surface area contributed by atoms with Gasteiger partial charge >= 0.3 is 0 Å². The second-order valence-corrected chi connectivity index (χ2v) is 5.64. The molecule has 0 saturated heterocycles. The molecular formula is C18H27NO. The average molecular weight is 273 g/mol. The largest absolute Gasteiger partial charge is 0.392 e. The number of aliphatic hydroxyl groups excluding tert-OH is 1. The average Bonchev–Trinajstić information content (AvgIpc) is 2.89. The van der Waals surface area contributed by atoms with Crippen LogP contribution in [0.4, 0.5) is 0 Å². The molecule has 1 N–H and O–H groups in total. The highest BCUT2D eigenvalue weighted by molar-refractivity contribution is 5.83. The van der Waals surface area contributed by atoms with Gasteiger partial charge in [-0.1, -0.05) is 57.6 Å². The lowest BCUT2D eigenvalue weighted by molar-refractivity contribution is 0.283. The van der Waals surface area contributed by atoms with Crippen LogP contribution in [-0.4, -0.2) is 9.67 Å². The Hall–Kier alpha value is -1.28. The molecule has 2 rings (SSSR count). The molecule has 0 saturated carbocycles. The summed E-state index contributed by atoms with van der Waals surface area (Å²) in [6.07, 6.45) is 11.6. The zero-order chi connectivity index (χ0) is 14.2. The summed E-state index contributed by atoms with van der Waals surface area (Å²) < 4.78 is 2.32. The molecule has 1 heterocycles. The molecule has 0 spiro atoms. The van der Waals surface area contributed by atoms with Crippen molar-refractivity contribution in [2.45, 2.75) is 65.0 Å². The van der Waals surface area contributed by atoms with Crippen LogP contribution < -0.4 is 0 Å². The number of hydrogen-bond donors (Lipinski definition) is 1. The van der Waals surface area contributed by atoms with Crippen molar-refractivity contribution in [1.82, 2.24) is 4.57 Å². The number of aliphatic hydroxyl groups is 1. The van der Waals surface area contributed by atoms with Crippen LogP contribution in [0, 0.1) is 0 Å². The van der Waals surface area contributed by atoms with E-state index in [0.29, 0.717) is 0 Å². The lowest BCUT2D eigenvalue weighted by atomic mass is 10.1. The molecule has 2 aromatic rings. The Morgan fingerprint density at radius 2 is 1.70 bits per heavy atom. The third-order valence-electron chi connectivity index (χ3n) is 4.08. The zero-order valence-corrected chi connectivity index (χ0v) is 12.6. The molecule has 0 atom stereocenters. The number of hydrogen-bond acceptors (Lipinski definition) is 1. The maximum atomic E-state index is 9.35. The van der Waals surface area contributed by atoms with Gasteiger partial charge in [-0.05, 0) is 24.1 Å². The quantitative estimate of drug-likeness (QED) is 0.647. The van der Waals surface area contributed by atoms with Crippen molar-refractivity contribution in [3.05, 3.63) is 36.0 Å². The van der Waals surface area contributed by atoms with Gasteiger partial charge in [-0.15, -0.1) is 0 Å². The summed E-state index contributed by atoms with van der Waals surface area (Å²) in [5, 5.41) is 10.5. The highest BCUT2D eigenvalue weighted by Gasteiger charge is 2.04. The Morgan fingerprint density at radius 1 is 0.950 bits per heavy atom. The number of aryl methyl sites for hydroxylation is 1. The Bertz CT molecular complexity index is 515. The number of fused-ring (bicyclic) bond motifs is 1. The number of benzene rings is 1. The van der Waals surface area contributed by atoms with E-state index in [0.717, 1.165) is 12.1 Å². The molecular weight excluding hydrogens is 246 g/mol. The van der Waals surface area contributed by atoms with E-state index in [2.05, 4.69) is 29.8 Å². The Balaban J connectivity index is 1.82. The molecule has 0 aliphatic heterocycles. The fourth-order valence-electron chi connectivity index (χ4n) is 2.86. The van der Waals surface area contributed by atoms with Gasteiger partial charge in [-0.25, -0.2) is 0 Å². The van der Waals surface area contributed by atoms with E-state index in [1.54, 1.807) is 0 Å². The van der Waals surface area contributed by atoms with Crippen molar-refractivity contribution < 1.29 is 5.11 Å². The number of unbranched alkanes of at least 4 members (excludes halogenated alkanes) is 6. The molecule has 110 valence electrons. The molecule has 0 unspecified atom stereocenters. The standard InChI is InChI=1S/C18H27NO/c1-2-3-4-5-6-7-8-13-19-14-12-17-16(15-20)10-9-11-18(17)19/h9-12,14,20H,2-8,13,15H2,1H3. The molecule has 0 aliphatic carbocycles. The van der Waals surface area contributed by atoms with E-state index in [-0.39, 0.29) is 6.61 Å². The summed E-state index contributed by atoms with van der Waals surface area (Å²) in [7, 11) is 0. The summed E-state index contributed by atoms with van der Waals surface area (Å²) in [4.78, 5) is 0. The lowest BCUT2D eigenvalue weighted by Gasteiger charge is -2.06. The van der Waals surface area contributed by atoms with Gasteiger partial charge in [0.25, 0.3) is 0 Å². The second kappa shape index (κ2) is 8.11. The predicted octanol–water partition coefficient (Wildman–Crippen LogP) is 4.88. The van der Waals surface area contributed by atoms with Gasteiger partial charge in [-0.3, -0.25) is 0 Å². The van der Waals surface area contributed by atoms with Crippen LogP contribution >= 0.6 is 0 Å². The van der Waals surface area contributed by atoms with E-state index >= 15 is 0 Å². The van der Waals surface area contributed by atoms with E-state index < -0.39 is 0 Å². The molecule has 0 aliphatic rings. The smallest absolute Gasteiger partial charge is 0.0688 e. The van der Waals surface area contributed by atoms with Crippen LogP contribution in [0.5, 0.6) is 0 Å². The van der Waals surface area contributed by atoms with E-state index in [4.69, 9.17) is 0 Å². The predicted molar refractivity (Wildman–Crippen MR) is 85.9 cm³/mol. The number of aromatic nitrogens is 1. The first-order valence-corrected chi connectivity index (χ1v) is 8.04. The maximum Gasteiger partial charge on any atom is 0.0688 e. The summed E-state index contributed by atoms with van der Waals surface area (Å²) >= 11 is 0. The first-order chi connectivity index (χ1) is 9.86. The fraction of sp³-hybridized carbons (Fsp3) is 0.556. The highest BCUT2D eigenvalue weighted by Crippen LogP contribution is 2.21. The van der Waals surface area contributed by atoms with Gasteiger partial charge < -0.3 is 9.67 Å². The Labute approximate surface area is 122 Å². The third-order valence-corrected chi connectivity index (χ3v) is 4.08. The second-order valence-electron chi connectivity index (χ2n) is 5.64. The van der Waals surface area contributed by atoms with Crippen LogP contribution in [-0.2, 0) is 13.2 Å². The van der Waals surface area contributed by atoms with Crippen molar-refractivity contribution in [3.8, 4) is 0 Å². The van der Waals surface area contributed by atoms with Crippen LogP contribution in [0.15, 0.2) is 30.5 Å². The third kappa shape index (κ3) is 3.86. The topological polar surface area (TPSA) is 25.2 Å². The van der Waals surface area contributed by atoms with Gasteiger partial charge in [0.2, 0.25) is 0 Å². The Kier molecular flexibility index (Phi) is 6.13. The molecule has 2 nitrogen and oxygen atoms in total. The molecule has 1 aromatic heterocycles. The number of nitrogens with zero attached hydrogens (tertiary/aromatic N) is 1. The maximum absolute atomic E-state index is 9.35. The minimum Gasteiger partial charge on any atom is -0.392 e. The van der Waals surface area contributed by atoms with Crippen molar-refractivity contribution >= 4 is 10.9 Å². The van der Waals surface area contributed by atoms with Crippen molar-refractivity contribution in [1.29, 1.82) is 0 Å². The monoisotopic (exact) mass is 273 g/mol. The molecule has 0 bridgehead atoms. The summed E-state index contributed by atoms with van der Waals surface area (Å²) in [5.74, 6) is 0. The minimum atomic E-state index is 0.124. The molecule has 0 radical (unpaired) electrons. The van der Waals surface area contributed by atoms with E-state index in [9.17, 15) is 5.11 Å². The van der Waals surface area contributed by atoms with Gasteiger partial charge in [0, 0.05) is 23.6 Å². The molecule has 0 amide bonds. The van der Waals surface area contributed by atoms with Crippen LogP contribution in [0.2, 0.25) is 0 Å². The summed E-state index contributed by atoms with van der Waals surface area (Å²) in [6.45, 7) is 3.47. The van der Waals surface area contributed by atoms with Gasteiger partial charge in [0.05, 0.1) is 6.61 Å². The van der Waals surface area contributed by atoms with E-state index in [1.165, 1.54) is 55.8 Å². The zero-order valence-electron chi connectivity index (χ0n) is 12.6. The summed E-state index contributed by atoms with van der Waals surface area (Å²) in [6, 6.07) is 8.31. The normalized spacial score (nSPS) is 11.3. The molecule has 20 heavy (non-hydrogen) atoms. The van der Waals surface area contributed by atoms with Crippen molar-refractivity contribution in [2.24, 2.45) is 0 Å². The van der Waals surface area contributed by atoms with Crippen LogP contribution in [0.3, 0.4) is 0 Å². The summed E-state index contributed by atoms with van der Waals surface area (Å²) in [5.41, 5.74) is 2.28. The fourth-order valence-corrected chi connectivity index (χ4v) is 2.86. The first kappa shape index (κ1) is 15.1. The number of rotatable bonds is 9. The molecule has 2 heteroatoms. The van der Waals surface area contributed by atoms with Crippen LogP contribution in [0.25, 0.3) is 10.9 Å². The van der Waals surface area contributed by atoms with Crippen molar-refractivity contribution in [2.75, 3.05) is 0 Å². The molecule has 1 aromatic carbocycles. The SMILES string of the molecule is CCCCCCCCCn1ccc2c(CO)cccc21. The van der Waals surface area contributed by atoms with Crippen LogP contribution in [0.1, 0.15) is 57.4 Å². The first-order valence-electron chi connectivity index (χ1n) is 8.04. The lowest BCUT2D eigenvalue weighted by Crippen LogP contribution is -1.96. The van der Waals surface area contributed by atoms with Gasteiger partial charge in [0.15, 0.2) is 0 Å². The molecule has 0 fully saturated rings. The van der Waals surface area contributed by atoms with Gasteiger partial charge in [0.1, 0.15) is 0 Å².